The number of carbonyl (C=O) groups is 1. The summed E-state index contributed by atoms with van der Waals surface area (Å²) in [7, 11) is 3.40. The third kappa shape index (κ3) is 6.80. The average molecular weight is 598 g/mol. The van der Waals surface area contributed by atoms with Gasteiger partial charge < -0.3 is 14.6 Å². The minimum Gasteiger partial charge on any atom is -0.507 e. The van der Waals surface area contributed by atoms with Crippen LogP contribution in [0.4, 0.5) is 4.39 Å². The average Bonchev–Trinajstić information content (AvgIpc) is 3.26. The molecule has 1 aliphatic rings. The number of aromatic hydroxyl groups is 1. The summed E-state index contributed by atoms with van der Waals surface area (Å²) in [6, 6.07) is 7.52. The number of hydrogen-bond donors (Lipinski definition) is 1. The lowest BCUT2D eigenvalue weighted by Crippen LogP contribution is -2.56. The minimum atomic E-state index is -0.561. The van der Waals surface area contributed by atoms with Crippen molar-refractivity contribution >= 4 is 23.1 Å². The predicted molar refractivity (Wildman–Crippen MR) is 167 cm³/mol. The van der Waals surface area contributed by atoms with E-state index >= 15 is 0 Å². The Balaban J connectivity index is 1.50. The van der Waals surface area contributed by atoms with E-state index in [0.29, 0.717) is 23.4 Å². The Kier molecular flexibility index (Phi) is 9.35. The Bertz CT molecular complexity index is 1550. The van der Waals surface area contributed by atoms with E-state index in [0.717, 1.165) is 26.2 Å². The molecule has 1 aliphatic heterocycles. The van der Waals surface area contributed by atoms with E-state index in [1.165, 1.54) is 27.3 Å². The molecule has 2 heterocycles. The highest BCUT2D eigenvalue weighted by atomic mass is 35.5. The van der Waals surface area contributed by atoms with E-state index in [9.17, 15) is 19.1 Å². The first-order valence-electron chi connectivity index (χ1n) is 14.2. The monoisotopic (exact) mass is 597 g/mol. The van der Waals surface area contributed by atoms with Crippen molar-refractivity contribution in [2.45, 2.75) is 46.2 Å². The van der Waals surface area contributed by atoms with Crippen LogP contribution in [-0.4, -0.2) is 86.2 Å². The third-order valence-electron chi connectivity index (χ3n) is 8.11. The molecule has 1 fully saturated rings. The number of likely N-dealkylation sites (N-methyl/N-ethyl adjacent to an activating group) is 1. The molecule has 1 unspecified atom stereocenters. The van der Waals surface area contributed by atoms with Crippen LogP contribution < -0.4 is 5.69 Å². The fourth-order valence-electron chi connectivity index (χ4n) is 5.45. The van der Waals surface area contributed by atoms with Crippen molar-refractivity contribution in [1.82, 2.24) is 23.8 Å². The highest BCUT2D eigenvalue weighted by Gasteiger charge is 2.28. The number of allylic oxidation sites excluding steroid dienone is 1. The Labute approximate surface area is 252 Å². The molecule has 42 heavy (non-hydrogen) atoms. The lowest BCUT2D eigenvalue weighted by Gasteiger charge is -2.44. The fourth-order valence-corrected chi connectivity index (χ4v) is 5.72. The van der Waals surface area contributed by atoms with Gasteiger partial charge in [-0.25, -0.2) is 9.18 Å². The molecule has 0 spiro atoms. The molecule has 3 aromatic rings. The van der Waals surface area contributed by atoms with Gasteiger partial charge in [-0.3, -0.25) is 19.2 Å². The van der Waals surface area contributed by atoms with Crippen LogP contribution in [0, 0.1) is 5.82 Å². The van der Waals surface area contributed by atoms with E-state index in [2.05, 4.69) is 37.5 Å². The van der Waals surface area contributed by atoms with Gasteiger partial charge in [-0.2, -0.15) is 0 Å². The molecule has 10 heteroatoms. The number of halogens is 2. The molecule has 226 valence electrons. The normalized spacial score (nSPS) is 16.1. The Hall–Kier alpha value is -3.40. The van der Waals surface area contributed by atoms with Crippen molar-refractivity contribution in [2.24, 2.45) is 7.05 Å². The van der Waals surface area contributed by atoms with Crippen molar-refractivity contribution in [1.29, 1.82) is 0 Å². The summed E-state index contributed by atoms with van der Waals surface area (Å²) in [6.07, 6.45) is 4.66. The van der Waals surface area contributed by atoms with Crippen LogP contribution in [0.25, 0.3) is 22.4 Å². The zero-order valence-electron chi connectivity index (χ0n) is 25.5. The molecule has 4 rings (SSSR count). The number of carbonyl (C=O) groups excluding carboxylic acids is 1. The smallest absolute Gasteiger partial charge is 0.332 e. The number of amides is 1. The summed E-state index contributed by atoms with van der Waals surface area (Å²) in [4.78, 5) is 32.0. The van der Waals surface area contributed by atoms with Gasteiger partial charge in [0.25, 0.3) is 0 Å². The minimum absolute atomic E-state index is 0.144. The fraction of sp³-hybridized carbons (Fsp3) is 0.438. The van der Waals surface area contributed by atoms with Crippen LogP contribution in [0.5, 0.6) is 5.75 Å². The van der Waals surface area contributed by atoms with Crippen LogP contribution in [-0.2, 0) is 11.8 Å². The zero-order chi connectivity index (χ0) is 30.9. The van der Waals surface area contributed by atoms with Crippen LogP contribution in [0.15, 0.2) is 53.6 Å². The number of phenols is 1. The lowest BCUT2D eigenvalue weighted by molar-refractivity contribution is -0.125. The molecule has 1 aromatic heterocycles. The maximum absolute atomic E-state index is 14.8. The van der Waals surface area contributed by atoms with Gasteiger partial charge in [0, 0.05) is 88.0 Å². The predicted octanol–water partition coefficient (Wildman–Crippen LogP) is 5.01. The second kappa shape index (κ2) is 12.5. The SMILES string of the molecule is C/C(=C\C(=O)N(C)CC(C)N1CCN(C(C)(C)C)CC1)c1cc(F)cc(-c2ccc(-n3ccn(C)c3=O)c(Cl)c2)c1O. The number of nitrogens with zero attached hydrogens (tertiary/aromatic N) is 5. The summed E-state index contributed by atoms with van der Waals surface area (Å²) < 4.78 is 17.6. The van der Waals surface area contributed by atoms with Crippen molar-refractivity contribution in [3.05, 3.63) is 75.7 Å². The number of phenolic OH excluding ortho intramolecular Hbond substituents is 1. The topological polar surface area (TPSA) is 74.0 Å². The molecule has 8 nitrogen and oxygen atoms in total. The zero-order valence-corrected chi connectivity index (χ0v) is 26.2. The van der Waals surface area contributed by atoms with Crippen molar-refractivity contribution in [2.75, 3.05) is 39.8 Å². The van der Waals surface area contributed by atoms with E-state index < -0.39 is 5.82 Å². The molecule has 1 N–H and O–H groups in total. The summed E-state index contributed by atoms with van der Waals surface area (Å²) in [5.74, 6) is -0.946. The van der Waals surface area contributed by atoms with Gasteiger partial charge in [0.05, 0.1) is 10.7 Å². The van der Waals surface area contributed by atoms with Gasteiger partial charge >= 0.3 is 5.69 Å². The van der Waals surface area contributed by atoms with Gasteiger partial charge in [-0.15, -0.1) is 0 Å². The highest BCUT2D eigenvalue weighted by molar-refractivity contribution is 6.32. The first kappa shape index (κ1) is 31.5. The van der Waals surface area contributed by atoms with E-state index in [1.54, 1.807) is 56.5 Å². The molecule has 0 aliphatic carbocycles. The number of benzene rings is 2. The molecule has 1 saturated heterocycles. The van der Waals surface area contributed by atoms with Gasteiger partial charge in [0.1, 0.15) is 11.6 Å². The molecule has 0 radical (unpaired) electrons. The van der Waals surface area contributed by atoms with Gasteiger partial charge in [-0.05, 0) is 70.0 Å². The number of imidazole rings is 1. The van der Waals surface area contributed by atoms with Crippen LogP contribution in [0.1, 0.15) is 40.2 Å². The van der Waals surface area contributed by atoms with Crippen molar-refractivity contribution < 1.29 is 14.3 Å². The molecular formula is C32H41ClFN5O3. The quantitative estimate of drug-likeness (QED) is 0.388. The Morgan fingerprint density at radius 3 is 2.38 bits per heavy atom. The summed E-state index contributed by atoms with van der Waals surface area (Å²) >= 11 is 6.51. The standard InChI is InChI=1S/C32H41ClFN5O3/c1-21(16-29(40)36(7)20-22(2)37-11-13-38(14-12-37)32(3,4)5)25-18-24(34)19-26(30(25)41)23-8-9-28(27(33)17-23)39-15-10-35(6)31(39)42/h8-10,15-19,22,41H,11-14,20H2,1-7H3/b21-16+. The second-order valence-electron chi connectivity index (χ2n) is 12.2. The summed E-state index contributed by atoms with van der Waals surface area (Å²) in [6.45, 7) is 14.9. The van der Waals surface area contributed by atoms with Crippen LogP contribution in [0.3, 0.4) is 0 Å². The van der Waals surface area contributed by atoms with Gasteiger partial charge in [0.15, 0.2) is 0 Å². The maximum Gasteiger partial charge on any atom is 0.332 e. The maximum atomic E-state index is 14.8. The molecule has 2 aromatic carbocycles. The van der Waals surface area contributed by atoms with Crippen molar-refractivity contribution in [3.63, 3.8) is 0 Å². The lowest BCUT2D eigenvalue weighted by atomic mass is 9.97. The van der Waals surface area contributed by atoms with Crippen molar-refractivity contribution in [3.8, 4) is 22.6 Å². The number of hydrogen-bond acceptors (Lipinski definition) is 5. The first-order chi connectivity index (χ1) is 19.7. The number of aryl methyl sites for hydroxylation is 1. The number of aromatic nitrogens is 2. The summed E-state index contributed by atoms with van der Waals surface area (Å²) in [5.41, 5.74) is 1.72. The van der Waals surface area contributed by atoms with E-state index in [1.807, 2.05) is 0 Å². The molecule has 1 atom stereocenters. The van der Waals surface area contributed by atoms with Crippen LogP contribution >= 0.6 is 11.6 Å². The highest BCUT2D eigenvalue weighted by Crippen LogP contribution is 2.38. The number of rotatable bonds is 7. The Morgan fingerprint density at radius 2 is 1.81 bits per heavy atom. The second-order valence-corrected chi connectivity index (χ2v) is 12.6. The third-order valence-corrected chi connectivity index (χ3v) is 8.41. The van der Waals surface area contributed by atoms with E-state index in [4.69, 9.17) is 11.6 Å². The molecule has 1 amide bonds. The Morgan fingerprint density at radius 1 is 1.14 bits per heavy atom. The first-order valence-corrected chi connectivity index (χ1v) is 14.5. The largest absolute Gasteiger partial charge is 0.507 e. The van der Waals surface area contributed by atoms with Gasteiger partial charge in [-0.1, -0.05) is 17.7 Å². The van der Waals surface area contributed by atoms with Crippen LogP contribution in [0.2, 0.25) is 5.02 Å². The molecule has 0 bridgehead atoms. The summed E-state index contributed by atoms with van der Waals surface area (Å²) in [5, 5.41) is 11.4. The van der Waals surface area contributed by atoms with E-state index in [-0.39, 0.29) is 45.1 Å². The molecular weight excluding hydrogens is 557 g/mol. The van der Waals surface area contributed by atoms with Gasteiger partial charge in [0.2, 0.25) is 5.91 Å². The molecule has 0 saturated carbocycles. The number of piperazine rings is 1.